The fraction of sp³-hybridized carbons (Fsp3) is 0.429. The Bertz CT molecular complexity index is 773. The SMILES string of the molecule is O=C(CCCc1ccc2c(c1)OCCO2)N1CCN(c2ccccn2)CC1. The minimum Gasteiger partial charge on any atom is -0.486 e. The van der Waals surface area contributed by atoms with E-state index in [1.807, 2.05) is 41.4 Å². The van der Waals surface area contributed by atoms with Gasteiger partial charge in [0.2, 0.25) is 5.91 Å². The number of hydrogen-bond acceptors (Lipinski definition) is 5. The van der Waals surface area contributed by atoms with Gasteiger partial charge in [-0.05, 0) is 42.7 Å². The molecule has 0 N–H and O–H groups in total. The highest BCUT2D eigenvalue weighted by Gasteiger charge is 2.21. The van der Waals surface area contributed by atoms with Crippen LogP contribution in [0.3, 0.4) is 0 Å². The van der Waals surface area contributed by atoms with Crippen LogP contribution in [0, 0.1) is 0 Å². The van der Waals surface area contributed by atoms with Crippen LogP contribution in [0.2, 0.25) is 0 Å². The van der Waals surface area contributed by atoms with E-state index in [0.717, 1.165) is 56.3 Å². The highest BCUT2D eigenvalue weighted by atomic mass is 16.6. The molecule has 142 valence electrons. The van der Waals surface area contributed by atoms with Gasteiger partial charge in [0.15, 0.2) is 11.5 Å². The molecule has 0 radical (unpaired) electrons. The Morgan fingerprint density at radius 2 is 1.81 bits per heavy atom. The average molecular weight is 367 g/mol. The number of amides is 1. The van der Waals surface area contributed by atoms with E-state index in [0.29, 0.717) is 19.6 Å². The van der Waals surface area contributed by atoms with Crippen molar-refractivity contribution in [3.8, 4) is 11.5 Å². The maximum absolute atomic E-state index is 12.5. The van der Waals surface area contributed by atoms with Crippen LogP contribution in [0.5, 0.6) is 11.5 Å². The molecule has 1 fully saturated rings. The Morgan fingerprint density at radius 1 is 1.00 bits per heavy atom. The molecule has 2 aliphatic heterocycles. The van der Waals surface area contributed by atoms with Gasteiger partial charge in [-0.25, -0.2) is 4.98 Å². The van der Waals surface area contributed by atoms with E-state index in [2.05, 4.69) is 16.0 Å². The van der Waals surface area contributed by atoms with Crippen LogP contribution in [-0.4, -0.2) is 55.2 Å². The second-order valence-electron chi connectivity index (χ2n) is 6.89. The molecule has 6 nitrogen and oxygen atoms in total. The second kappa shape index (κ2) is 8.29. The predicted octanol–water partition coefficient (Wildman–Crippen LogP) is 2.52. The summed E-state index contributed by atoms with van der Waals surface area (Å²) in [6.45, 7) is 4.41. The highest BCUT2D eigenvalue weighted by Crippen LogP contribution is 2.31. The Labute approximate surface area is 159 Å². The Balaban J connectivity index is 1.22. The molecular formula is C21H25N3O3. The van der Waals surface area contributed by atoms with Crippen molar-refractivity contribution >= 4 is 11.7 Å². The molecule has 0 saturated carbocycles. The van der Waals surface area contributed by atoms with Crippen LogP contribution in [0.25, 0.3) is 0 Å². The molecule has 4 rings (SSSR count). The van der Waals surface area contributed by atoms with E-state index in [4.69, 9.17) is 9.47 Å². The first-order chi connectivity index (χ1) is 13.3. The summed E-state index contributed by atoms with van der Waals surface area (Å²) in [5, 5.41) is 0. The van der Waals surface area contributed by atoms with Crippen molar-refractivity contribution in [2.45, 2.75) is 19.3 Å². The quantitative estimate of drug-likeness (QED) is 0.813. The molecule has 6 heteroatoms. The smallest absolute Gasteiger partial charge is 0.222 e. The molecule has 0 aliphatic carbocycles. The third-order valence-corrected chi connectivity index (χ3v) is 5.07. The largest absolute Gasteiger partial charge is 0.486 e. The lowest BCUT2D eigenvalue weighted by Gasteiger charge is -2.35. The van der Waals surface area contributed by atoms with Crippen LogP contribution < -0.4 is 14.4 Å². The number of hydrogen-bond donors (Lipinski definition) is 0. The lowest BCUT2D eigenvalue weighted by molar-refractivity contribution is -0.131. The van der Waals surface area contributed by atoms with E-state index in [9.17, 15) is 4.79 Å². The average Bonchev–Trinajstić information content (AvgIpc) is 2.74. The van der Waals surface area contributed by atoms with Crippen molar-refractivity contribution in [1.29, 1.82) is 0 Å². The van der Waals surface area contributed by atoms with E-state index in [1.54, 1.807) is 0 Å². The van der Waals surface area contributed by atoms with Gasteiger partial charge in [0.1, 0.15) is 19.0 Å². The van der Waals surface area contributed by atoms with Gasteiger partial charge in [0.25, 0.3) is 0 Å². The molecule has 2 aliphatic rings. The topological polar surface area (TPSA) is 54.9 Å². The van der Waals surface area contributed by atoms with Crippen molar-refractivity contribution in [1.82, 2.24) is 9.88 Å². The first kappa shape index (κ1) is 17.6. The summed E-state index contributed by atoms with van der Waals surface area (Å²) >= 11 is 0. The normalized spacial score (nSPS) is 16.3. The van der Waals surface area contributed by atoms with Crippen molar-refractivity contribution in [2.24, 2.45) is 0 Å². The highest BCUT2D eigenvalue weighted by molar-refractivity contribution is 5.76. The summed E-state index contributed by atoms with van der Waals surface area (Å²) in [5.41, 5.74) is 1.19. The molecule has 0 atom stereocenters. The van der Waals surface area contributed by atoms with Gasteiger partial charge in [0.05, 0.1) is 0 Å². The number of carbonyl (C=O) groups excluding carboxylic acids is 1. The van der Waals surface area contributed by atoms with Crippen LogP contribution in [0.1, 0.15) is 18.4 Å². The number of piperazine rings is 1. The third-order valence-electron chi connectivity index (χ3n) is 5.07. The van der Waals surface area contributed by atoms with Gasteiger partial charge in [-0.3, -0.25) is 4.79 Å². The number of fused-ring (bicyclic) bond motifs is 1. The summed E-state index contributed by atoms with van der Waals surface area (Å²) in [4.78, 5) is 21.1. The maximum Gasteiger partial charge on any atom is 0.222 e. The molecule has 3 heterocycles. The summed E-state index contributed by atoms with van der Waals surface area (Å²) in [6, 6.07) is 12.0. The summed E-state index contributed by atoms with van der Waals surface area (Å²) < 4.78 is 11.2. The zero-order valence-electron chi connectivity index (χ0n) is 15.5. The first-order valence-corrected chi connectivity index (χ1v) is 9.62. The van der Waals surface area contributed by atoms with Gasteiger partial charge in [0, 0.05) is 38.8 Å². The summed E-state index contributed by atoms with van der Waals surface area (Å²) in [6.07, 6.45) is 4.11. The van der Waals surface area contributed by atoms with E-state index in [1.165, 1.54) is 5.56 Å². The van der Waals surface area contributed by atoms with Gasteiger partial charge >= 0.3 is 0 Å². The zero-order valence-corrected chi connectivity index (χ0v) is 15.5. The predicted molar refractivity (Wildman–Crippen MR) is 103 cm³/mol. The number of aryl methyl sites for hydroxylation is 1. The van der Waals surface area contributed by atoms with Gasteiger partial charge < -0.3 is 19.3 Å². The van der Waals surface area contributed by atoms with Crippen LogP contribution in [0.15, 0.2) is 42.6 Å². The number of carbonyl (C=O) groups is 1. The van der Waals surface area contributed by atoms with Gasteiger partial charge in [-0.15, -0.1) is 0 Å². The minimum absolute atomic E-state index is 0.244. The molecule has 0 unspecified atom stereocenters. The molecule has 1 saturated heterocycles. The zero-order chi connectivity index (χ0) is 18.5. The van der Waals surface area contributed by atoms with Crippen molar-refractivity contribution in [3.05, 3.63) is 48.2 Å². The minimum atomic E-state index is 0.244. The summed E-state index contributed by atoms with van der Waals surface area (Å²) in [5.74, 6) is 2.86. The lowest BCUT2D eigenvalue weighted by Crippen LogP contribution is -2.49. The standard InChI is InChI=1S/C21H25N3O3/c25-21(24-12-10-23(11-13-24)20-5-1-2-9-22-20)6-3-4-17-7-8-18-19(16-17)27-15-14-26-18/h1-2,5,7-9,16H,3-4,6,10-15H2. The molecule has 27 heavy (non-hydrogen) atoms. The molecular weight excluding hydrogens is 342 g/mol. The maximum atomic E-state index is 12.5. The number of ether oxygens (including phenoxy) is 2. The number of rotatable bonds is 5. The van der Waals surface area contributed by atoms with Crippen LogP contribution >= 0.6 is 0 Å². The monoisotopic (exact) mass is 367 g/mol. The Kier molecular flexibility index (Phi) is 5.42. The molecule has 0 spiro atoms. The van der Waals surface area contributed by atoms with Gasteiger partial charge in [-0.2, -0.15) is 0 Å². The number of nitrogens with zero attached hydrogens (tertiary/aromatic N) is 3. The van der Waals surface area contributed by atoms with Crippen molar-refractivity contribution < 1.29 is 14.3 Å². The molecule has 1 aromatic heterocycles. The molecule has 1 amide bonds. The lowest BCUT2D eigenvalue weighted by atomic mass is 10.1. The van der Waals surface area contributed by atoms with Gasteiger partial charge in [-0.1, -0.05) is 12.1 Å². The third kappa shape index (κ3) is 4.32. The van der Waals surface area contributed by atoms with E-state index < -0.39 is 0 Å². The van der Waals surface area contributed by atoms with Crippen molar-refractivity contribution in [2.75, 3.05) is 44.3 Å². The molecule has 0 bridgehead atoms. The fourth-order valence-electron chi connectivity index (χ4n) is 3.57. The molecule has 2 aromatic rings. The first-order valence-electron chi connectivity index (χ1n) is 9.62. The number of aromatic nitrogens is 1. The Hall–Kier alpha value is -2.76. The number of pyridine rings is 1. The summed E-state index contributed by atoms with van der Waals surface area (Å²) in [7, 11) is 0. The molecule has 1 aromatic carbocycles. The van der Waals surface area contributed by atoms with E-state index in [-0.39, 0.29) is 5.91 Å². The number of benzene rings is 1. The number of anilines is 1. The Morgan fingerprint density at radius 3 is 2.59 bits per heavy atom. The fourth-order valence-corrected chi connectivity index (χ4v) is 3.57. The van der Waals surface area contributed by atoms with E-state index >= 15 is 0 Å². The van der Waals surface area contributed by atoms with Crippen LogP contribution in [0.4, 0.5) is 5.82 Å². The van der Waals surface area contributed by atoms with Crippen LogP contribution in [-0.2, 0) is 11.2 Å². The second-order valence-corrected chi connectivity index (χ2v) is 6.89. The van der Waals surface area contributed by atoms with Crippen molar-refractivity contribution in [3.63, 3.8) is 0 Å².